The third kappa shape index (κ3) is 4.74. The third-order valence-electron chi connectivity index (χ3n) is 5.89. The topological polar surface area (TPSA) is 45.3 Å². The Balaban J connectivity index is 1.28. The molecule has 0 unspecified atom stereocenters. The van der Waals surface area contributed by atoms with Gasteiger partial charge in [-0.1, -0.05) is 24.3 Å². The zero-order valence-electron chi connectivity index (χ0n) is 18.0. The van der Waals surface area contributed by atoms with Crippen LogP contribution in [0.25, 0.3) is 0 Å². The van der Waals surface area contributed by atoms with E-state index in [1.54, 1.807) is 11.3 Å². The van der Waals surface area contributed by atoms with Gasteiger partial charge in [0.1, 0.15) is 13.2 Å². The Labute approximate surface area is 192 Å². The summed E-state index contributed by atoms with van der Waals surface area (Å²) >= 11 is 1.67. The van der Waals surface area contributed by atoms with E-state index in [1.807, 2.05) is 40.6 Å². The minimum absolute atomic E-state index is 0.100. The molecule has 6 nitrogen and oxygen atoms in total. The highest BCUT2D eigenvalue weighted by molar-refractivity contribution is 7.09. The number of amides is 1. The molecule has 0 bridgehead atoms. The van der Waals surface area contributed by atoms with Gasteiger partial charge in [-0.2, -0.15) is 0 Å². The maximum Gasteiger partial charge on any atom is 0.241 e. The minimum atomic E-state index is 0.100. The maximum atomic E-state index is 13.5. The highest BCUT2D eigenvalue weighted by Crippen LogP contribution is 2.35. The van der Waals surface area contributed by atoms with Crippen molar-refractivity contribution in [2.24, 2.45) is 0 Å². The summed E-state index contributed by atoms with van der Waals surface area (Å²) in [5, 5.41) is 2.05. The van der Waals surface area contributed by atoms with Crippen molar-refractivity contribution < 1.29 is 14.3 Å². The first-order valence-electron chi connectivity index (χ1n) is 11.0. The molecular formula is C25H27N3O3S. The van der Waals surface area contributed by atoms with Crippen molar-refractivity contribution in [2.45, 2.75) is 6.54 Å². The molecule has 5 rings (SSSR count). The van der Waals surface area contributed by atoms with E-state index >= 15 is 0 Å². The number of anilines is 2. The Morgan fingerprint density at radius 2 is 1.69 bits per heavy atom. The predicted molar refractivity (Wildman–Crippen MR) is 128 cm³/mol. The van der Waals surface area contributed by atoms with Crippen LogP contribution in [0.2, 0.25) is 0 Å². The smallest absolute Gasteiger partial charge is 0.241 e. The molecule has 0 spiro atoms. The first-order chi connectivity index (χ1) is 15.8. The van der Waals surface area contributed by atoms with E-state index in [1.165, 1.54) is 5.69 Å². The largest absolute Gasteiger partial charge is 0.486 e. The van der Waals surface area contributed by atoms with Gasteiger partial charge in [-0.3, -0.25) is 9.69 Å². The Morgan fingerprint density at radius 3 is 2.44 bits per heavy atom. The lowest BCUT2D eigenvalue weighted by Gasteiger charge is -2.36. The molecule has 2 aliphatic heterocycles. The van der Waals surface area contributed by atoms with Crippen LogP contribution >= 0.6 is 11.3 Å². The van der Waals surface area contributed by atoms with Crippen molar-refractivity contribution in [3.63, 3.8) is 0 Å². The highest BCUT2D eigenvalue weighted by atomic mass is 32.1. The fourth-order valence-corrected chi connectivity index (χ4v) is 4.85. The molecular weight excluding hydrogens is 422 g/mol. The molecule has 1 amide bonds. The quantitative estimate of drug-likeness (QED) is 0.572. The van der Waals surface area contributed by atoms with Crippen LogP contribution < -0.4 is 19.3 Å². The van der Waals surface area contributed by atoms with Gasteiger partial charge < -0.3 is 19.3 Å². The van der Waals surface area contributed by atoms with Gasteiger partial charge in [-0.05, 0) is 35.7 Å². The normalized spacial score (nSPS) is 16.1. The molecule has 0 N–H and O–H groups in total. The summed E-state index contributed by atoms with van der Waals surface area (Å²) in [6, 6.07) is 20.3. The van der Waals surface area contributed by atoms with Gasteiger partial charge in [-0.25, -0.2) is 0 Å². The van der Waals surface area contributed by atoms with Crippen LogP contribution in [0.15, 0.2) is 66.0 Å². The van der Waals surface area contributed by atoms with Crippen molar-refractivity contribution in [1.82, 2.24) is 4.90 Å². The molecule has 0 atom stereocenters. The number of hydrogen-bond acceptors (Lipinski definition) is 6. The average Bonchev–Trinajstić information content (AvgIpc) is 3.37. The lowest BCUT2D eigenvalue weighted by molar-refractivity contribution is -0.120. The van der Waals surface area contributed by atoms with Crippen LogP contribution in [-0.4, -0.2) is 56.7 Å². The molecule has 1 fully saturated rings. The number of carbonyl (C=O) groups excluding carboxylic acids is 1. The summed E-state index contributed by atoms with van der Waals surface area (Å²) < 4.78 is 11.4. The molecule has 166 valence electrons. The second kappa shape index (κ2) is 9.63. The Hall–Kier alpha value is -3.03. The molecule has 32 heavy (non-hydrogen) atoms. The van der Waals surface area contributed by atoms with Crippen molar-refractivity contribution >= 4 is 28.6 Å². The zero-order chi connectivity index (χ0) is 21.8. The van der Waals surface area contributed by atoms with Gasteiger partial charge in [0.15, 0.2) is 11.5 Å². The third-order valence-corrected chi connectivity index (χ3v) is 6.75. The van der Waals surface area contributed by atoms with E-state index in [0.29, 0.717) is 32.1 Å². The number of fused-ring (bicyclic) bond motifs is 1. The molecule has 7 heteroatoms. The Morgan fingerprint density at radius 1 is 0.906 bits per heavy atom. The minimum Gasteiger partial charge on any atom is -0.486 e. The zero-order valence-corrected chi connectivity index (χ0v) is 18.8. The number of ether oxygens (including phenoxy) is 2. The monoisotopic (exact) mass is 449 g/mol. The van der Waals surface area contributed by atoms with E-state index in [9.17, 15) is 4.79 Å². The van der Waals surface area contributed by atoms with E-state index < -0.39 is 0 Å². The number of thiophene rings is 1. The van der Waals surface area contributed by atoms with E-state index in [2.05, 4.69) is 40.1 Å². The Bertz CT molecular complexity index is 1030. The van der Waals surface area contributed by atoms with Crippen LogP contribution in [-0.2, 0) is 11.3 Å². The van der Waals surface area contributed by atoms with Crippen molar-refractivity contribution in [3.05, 3.63) is 70.9 Å². The van der Waals surface area contributed by atoms with Crippen LogP contribution in [0.1, 0.15) is 4.88 Å². The van der Waals surface area contributed by atoms with Crippen molar-refractivity contribution in [2.75, 3.05) is 55.7 Å². The molecule has 0 radical (unpaired) electrons. The van der Waals surface area contributed by atoms with E-state index in [-0.39, 0.29) is 5.91 Å². The predicted octanol–water partition coefficient (Wildman–Crippen LogP) is 3.87. The molecule has 3 aromatic rings. The van der Waals surface area contributed by atoms with Gasteiger partial charge >= 0.3 is 0 Å². The first kappa shape index (κ1) is 20.8. The summed E-state index contributed by atoms with van der Waals surface area (Å²) in [7, 11) is 0. The molecule has 3 heterocycles. The molecule has 1 saturated heterocycles. The first-order valence-corrected chi connectivity index (χ1v) is 11.9. The number of nitrogens with zero attached hydrogens (tertiary/aromatic N) is 3. The maximum absolute atomic E-state index is 13.5. The molecule has 2 aromatic carbocycles. The summed E-state index contributed by atoms with van der Waals surface area (Å²) in [5.74, 6) is 1.54. The summed E-state index contributed by atoms with van der Waals surface area (Å²) in [6.07, 6.45) is 0. The molecule has 0 aliphatic carbocycles. The lowest BCUT2D eigenvalue weighted by atomic mass is 10.2. The molecule has 1 aromatic heterocycles. The van der Waals surface area contributed by atoms with Gasteiger partial charge in [-0.15, -0.1) is 11.3 Å². The van der Waals surface area contributed by atoms with Crippen molar-refractivity contribution in [1.29, 1.82) is 0 Å². The summed E-state index contributed by atoms with van der Waals surface area (Å²) in [6.45, 7) is 5.63. The van der Waals surface area contributed by atoms with Gasteiger partial charge in [0.05, 0.1) is 13.1 Å². The summed E-state index contributed by atoms with van der Waals surface area (Å²) in [5.41, 5.74) is 2.09. The second-order valence-electron chi connectivity index (χ2n) is 7.99. The van der Waals surface area contributed by atoms with Crippen LogP contribution in [0, 0.1) is 0 Å². The second-order valence-corrected chi connectivity index (χ2v) is 9.02. The van der Waals surface area contributed by atoms with E-state index in [4.69, 9.17) is 9.47 Å². The van der Waals surface area contributed by atoms with E-state index in [0.717, 1.165) is 42.5 Å². The van der Waals surface area contributed by atoms with Crippen molar-refractivity contribution in [3.8, 4) is 11.5 Å². The molecule has 0 saturated carbocycles. The SMILES string of the molecule is O=C(CN1CCN(c2ccccc2)CC1)N(Cc1cccs1)c1ccc2c(c1)OCCO2. The number of para-hydroxylation sites is 1. The molecule has 2 aliphatic rings. The van der Waals surface area contributed by atoms with Gasteiger partial charge in [0.2, 0.25) is 5.91 Å². The standard InChI is InChI=1S/C25H27N3O3S/c29-25(19-26-10-12-27(13-11-26)20-5-2-1-3-6-20)28(18-22-7-4-16-32-22)21-8-9-23-24(17-21)31-15-14-30-23/h1-9,16-17H,10-15,18-19H2. The number of piperazine rings is 1. The number of carbonyl (C=O) groups is 1. The fourth-order valence-electron chi connectivity index (χ4n) is 4.16. The highest BCUT2D eigenvalue weighted by Gasteiger charge is 2.24. The summed E-state index contributed by atoms with van der Waals surface area (Å²) in [4.78, 5) is 21.1. The average molecular weight is 450 g/mol. The number of rotatable bonds is 6. The van der Waals surface area contributed by atoms with Crippen LogP contribution in [0.3, 0.4) is 0 Å². The van der Waals surface area contributed by atoms with Crippen LogP contribution in [0.4, 0.5) is 11.4 Å². The van der Waals surface area contributed by atoms with Crippen LogP contribution in [0.5, 0.6) is 11.5 Å². The number of hydrogen-bond donors (Lipinski definition) is 0. The Kier molecular flexibility index (Phi) is 6.27. The van der Waals surface area contributed by atoms with Gasteiger partial charge in [0, 0.05) is 48.5 Å². The van der Waals surface area contributed by atoms with Gasteiger partial charge in [0.25, 0.3) is 0 Å². The fraction of sp³-hybridized carbons (Fsp3) is 0.320. The number of benzene rings is 2. The lowest BCUT2D eigenvalue weighted by Crippen LogP contribution is -2.50.